The molecule has 4 rings (SSSR count). The second-order valence-corrected chi connectivity index (χ2v) is 5.26. The molecule has 17 heavy (non-hydrogen) atoms. The lowest BCUT2D eigenvalue weighted by Crippen LogP contribution is -1.82. The maximum atomic E-state index is 3.66. The first-order valence-electron chi connectivity index (χ1n) is 5.67. The van der Waals surface area contributed by atoms with E-state index in [1.165, 1.54) is 37.2 Å². The first-order chi connectivity index (χ1) is 8.34. The highest BCUT2D eigenvalue weighted by molar-refractivity contribution is 9.15. The van der Waals surface area contributed by atoms with Gasteiger partial charge in [0.05, 0.1) is 0 Å². The summed E-state index contributed by atoms with van der Waals surface area (Å²) < 4.78 is 1.19. The van der Waals surface area contributed by atoms with Crippen LogP contribution in [0.4, 0.5) is 0 Å². The molecule has 1 aliphatic rings. The highest BCUT2D eigenvalue weighted by Gasteiger charge is 2.16. The second-order valence-electron chi connectivity index (χ2n) is 4.41. The molecule has 0 spiro atoms. The van der Waals surface area contributed by atoms with E-state index in [4.69, 9.17) is 0 Å². The van der Waals surface area contributed by atoms with Gasteiger partial charge in [-0.05, 0) is 44.8 Å². The predicted molar refractivity (Wildman–Crippen MR) is 78.3 cm³/mol. The number of rotatable bonds is 0. The third kappa shape index (κ3) is 1.18. The standard InChI is InChI=1S/C16H9Br/c17-15-9-14-12-6-2-1-4-10(12)8-11-5-3-7-13(15)16(11)14/h1-9H. The van der Waals surface area contributed by atoms with Crippen LogP contribution >= 0.6 is 15.9 Å². The topological polar surface area (TPSA) is 0 Å². The van der Waals surface area contributed by atoms with E-state index in [0.29, 0.717) is 0 Å². The smallest absolute Gasteiger partial charge is 0.0260 e. The summed E-state index contributed by atoms with van der Waals surface area (Å²) in [5, 5.41) is 5.34. The molecule has 3 aromatic carbocycles. The third-order valence-electron chi connectivity index (χ3n) is 3.46. The average Bonchev–Trinajstić information content (AvgIpc) is 2.70. The predicted octanol–water partition coefficient (Wildman–Crippen LogP) is 5.20. The van der Waals surface area contributed by atoms with Crippen LogP contribution in [-0.2, 0) is 0 Å². The van der Waals surface area contributed by atoms with Crippen LogP contribution in [0.1, 0.15) is 11.1 Å². The molecular formula is C16H9Br. The number of hydrogen-bond donors (Lipinski definition) is 0. The zero-order valence-electron chi connectivity index (χ0n) is 9.07. The van der Waals surface area contributed by atoms with Gasteiger partial charge in [0.2, 0.25) is 0 Å². The molecule has 0 saturated carbocycles. The van der Waals surface area contributed by atoms with Gasteiger partial charge in [-0.3, -0.25) is 0 Å². The number of hydrogen-bond acceptors (Lipinski definition) is 0. The van der Waals surface area contributed by atoms with Gasteiger partial charge in [0.25, 0.3) is 0 Å². The zero-order chi connectivity index (χ0) is 11.4. The molecule has 0 heterocycles. The summed E-state index contributed by atoms with van der Waals surface area (Å²) in [5.74, 6) is 0. The van der Waals surface area contributed by atoms with Crippen molar-refractivity contribution < 1.29 is 0 Å². The van der Waals surface area contributed by atoms with Crippen LogP contribution in [0.25, 0.3) is 32.1 Å². The monoisotopic (exact) mass is 280 g/mol. The quantitative estimate of drug-likeness (QED) is 0.497. The average molecular weight is 281 g/mol. The molecule has 0 bridgehead atoms. The van der Waals surface area contributed by atoms with Gasteiger partial charge in [-0.1, -0.05) is 58.4 Å². The lowest BCUT2D eigenvalue weighted by atomic mass is 9.98. The highest BCUT2D eigenvalue weighted by atomic mass is 79.9. The molecule has 0 amide bonds. The van der Waals surface area contributed by atoms with Gasteiger partial charge in [-0.2, -0.15) is 0 Å². The molecule has 1 aliphatic carbocycles. The summed E-state index contributed by atoms with van der Waals surface area (Å²) in [6.45, 7) is 0. The largest absolute Gasteiger partial charge is 0.0616 e. The fraction of sp³-hybridized carbons (Fsp3) is 0. The fourth-order valence-corrected chi connectivity index (χ4v) is 3.27. The Bertz CT molecular complexity index is 797. The molecule has 0 aliphatic heterocycles. The minimum atomic E-state index is 1.19. The summed E-state index contributed by atoms with van der Waals surface area (Å²) in [5.41, 5.74) is 2.66. The number of halogens is 1. The Labute approximate surface area is 108 Å². The summed E-state index contributed by atoms with van der Waals surface area (Å²) in [4.78, 5) is 0. The summed E-state index contributed by atoms with van der Waals surface area (Å²) in [6.07, 6.45) is 2.24. The molecule has 3 aromatic rings. The number of benzene rings is 3. The van der Waals surface area contributed by atoms with Crippen LogP contribution in [0.5, 0.6) is 0 Å². The molecule has 1 heteroatoms. The van der Waals surface area contributed by atoms with Crippen LogP contribution in [0.15, 0.2) is 48.5 Å². The van der Waals surface area contributed by atoms with Crippen molar-refractivity contribution >= 4 is 48.0 Å². The van der Waals surface area contributed by atoms with Gasteiger partial charge in [-0.25, -0.2) is 0 Å². The van der Waals surface area contributed by atoms with Crippen LogP contribution in [0, 0.1) is 0 Å². The lowest BCUT2D eigenvalue weighted by molar-refractivity contribution is 1.74. The molecule has 0 radical (unpaired) electrons. The van der Waals surface area contributed by atoms with Gasteiger partial charge in [0.1, 0.15) is 0 Å². The van der Waals surface area contributed by atoms with Crippen LogP contribution in [0.2, 0.25) is 0 Å². The van der Waals surface area contributed by atoms with Crippen molar-refractivity contribution in [2.24, 2.45) is 0 Å². The van der Waals surface area contributed by atoms with E-state index in [9.17, 15) is 0 Å². The second kappa shape index (κ2) is 3.21. The molecule has 80 valence electrons. The van der Waals surface area contributed by atoms with E-state index >= 15 is 0 Å². The minimum absolute atomic E-state index is 1.19. The molecule has 0 aromatic heterocycles. The van der Waals surface area contributed by atoms with E-state index < -0.39 is 0 Å². The fourth-order valence-electron chi connectivity index (χ4n) is 2.71. The van der Waals surface area contributed by atoms with Gasteiger partial charge in [0, 0.05) is 4.48 Å². The molecule has 0 fully saturated rings. The van der Waals surface area contributed by atoms with Crippen molar-refractivity contribution in [1.29, 1.82) is 0 Å². The Balaban J connectivity index is 2.36. The third-order valence-corrected chi connectivity index (χ3v) is 4.11. The zero-order valence-corrected chi connectivity index (χ0v) is 10.7. The maximum absolute atomic E-state index is 3.66. The van der Waals surface area contributed by atoms with E-state index in [0.717, 1.165) is 0 Å². The molecule has 0 saturated heterocycles. The van der Waals surface area contributed by atoms with Crippen molar-refractivity contribution in [2.75, 3.05) is 0 Å². The number of fused-ring (bicyclic) bond motifs is 2. The Morgan fingerprint density at radius 2 is 1.65 bits per heavy atom. The molecule has 0 atom stereocenters. The van der Waals surface area contributed by atoms with Crippen LogP contribution in [0.3, 0.4) is 0 Å². The molecule has 0 N–H and O–H groups in total. The summed E-state index contributed by atoms with van der Waals surface area (Å²) >= 11 is 3.66. The van der Waals surface area contributed by atoms with Gasteiger partial charge >= 0.3 is 0 Å². The summed E-state index contributed by atoms with van der Waals surface area (Å²) in [6, 6.07) is 17.3. The lowest BCUT2D eigenvalue weighted by Gasteiger charge is -2.06. The van der Waals surface area contributed by atoms with Gasteiger partial charge < -0.3 is 0 Å². The van der Waals surface area contributed by atoms with Crippen molar-refractivity contribution in [3.8, 4) is 0 Å². The Hall–Kier alpha value is -1.60. The van der Waals surface area contributed by atoms with E-state index in [1.807, 2.05) is 0 Å². The van der Waals surface area contributed by atoms with Crippen molar-refractivity contribution in [2.45, 2.75) is 0 Å². The Morgan fingerprint density at radius 3 is 2.59 bits per heavy atom. The minimum Gasteiger partial charge on any atom is -0.0616 e. The van der Waals surface area contributed by atoms with E-state index in [1.54, 1.807) is 0 Å². The maximum Gasteiger partial charge on any atom is 0.0260 e. The van der Waals surface area contributed by atoms with Crippen molar-refractivity contribution in [3.63, 3.8) is 0 Å². The Morgan fingerprint density at radius 1 is 0.824 bits per heavy atom. The van der Waals surface area contributed by atoms with Crippen LogP contribution < -0.4 is 0 Å². The summed E-state index contributed by atoms with van der Waals surface area (Å²) in [7, 11) is 0. The highest BCUT2D eigenvalue weighted by Crippen LogP contribution is 2.42. The molecule has 0 nitrogen and oxygen atoms in total. The Kier molecular flexibility index (Phi) is 1.78. The van der Waals surface area contributed by atoms with E-state index in [2.05, 4.69) is 70.5 Å². The van der Waals surface area contributed by atoms with E-state index in [-0.39, 0.29) is 0 Å². The van der Waals surface area contributed by atoms with Gasteiger partial charge in [-0.15, -0.1) is 0 Å². The first-order valence-corrected chi connectivity index (χ1v) is 6.46. The van der Waals surface area contributed by atoms with Gasteiger partial charge in [0.15, 0.2) is 0 Å². The normalized spacial score (nSPS) is 13.4. The van der Waals surface area contributed by atoms with Crippen LogP contribution in [-0.4, -0.2) is 0 Å². The van der Waals surface area contributed by atoms with Crippen molar-refractivity contribution in [3.05, 3.63) is 59.7 Å². The first kappa shape index (κ1) is 9.43. The SMILES string of the molecule is BrC1=Cc2c3ccccc3cc3cccc1c23. The molecule has 0 unspecified atom stereocenters. The molecular weight excluding hydrogens is 272 g/mol. The van der Waals surface area contributed by atoms with Crippen molar-refractivity contribution in [1.82, 2.24) is 0 Å².